The normalized spacial score (nSPS) is 11.7. The minimum atomic E-state index is -0.262. The van der Waals surface area contributed by atoms with E-state index in [0.29, 0.717) is 12.1 Å². The minimum Gasteiger partial charge on any atom is -0.396 e. The van der Waals surface area contributed by atoms with Crippen molar-refractivity contribution in [2.45, 2.75) is 13.8 Å². The number of hydrogen-bond acceptors (Lipinski definition) is 3. The highest BCUT2D eigenvalue weighted by Gasteiger charge is 2.10. The molecule has 0 saturated carbocycles. The van der Waals surface area contributed by atoms with Crippen LogP contribution in [-0.2, 0) is 4.79 Å². The Morgan fingerprint density at radius 1 is 1.26 bits per heavy atom. The molecule has 104 valence electrons. The fraction of sp³-hybridized carbons (Fsp3) is 0.429. The van der Waals surface area contributed by atoms with Gasteiger partial charge in [-0.15, -0.1) is 0 Å². The topological polar surface area (TPSA) is 78.4 Å². The Balaban J connectivity index is 2.38. The number of carbonyl (C=O) groups excluding carboxylic acids is 2. The molecule has 5 heteroatoms. The second-order valence-corrected chi connectivity index (χ2v) is 4.59. The van der Waals surface area contributed by atoms with E-state index >= 15 is 0 Å². The molecule has 0 bridgehead atoms. The van der Waals surface area contributed by atoms with Gasteiger partial charge in [-0.05, 0) is 24.5 Å². The van der Waals surface area contributed by atoms with Crippen LogP contribution in [0.4, 0.5) is 0 Å². The highest BCUT2D eigenvalue weighted by atomic mass is 16.3. The van der Waals surface area contributed by atoms with Gasteiger partial charge in [0, 0.05) is 18.7 Å². The van der Waals surface area contributed by atoms with Crippen molar-refractivity contribution in [1.82, 2.24) is 10.6 Å². The van der Waals surface area contributed by atoms with Gasteiger partial charge in [0.05, 0.1) is 6.54 Å². The summed E-state index contributed by atoms with van der Waals surface area (Å²) in [5.74, 6) is -0.512. The summed E-state index contributed by atoms with van der Waals surface area (Å²) in [5.41, 5.74) is 1.44. The predicted octanol–water partition coefficient (Wildman–Crippen LogP) is 0.469. The molecule has 2 amide bonds. The molecule has 0 spiro atoms. The number of rotatable bonds is 6. The quantitative estimate of drug-likeness (QED) is 0.699. The van der Waals surface area contributed by atoms with E-state index in [1.54, 1.807) is 12.1 Å². The lowest BCUT2D eigenvalue weighted by Gasteiger charge is -2.10. The molecule has 0 fully saturated rings. The second-order valence-electron chi connectivity index (χ2n) is 4.59. The van der Waals surface area contributed by atoms with Gasteiger partial charge in [-0.2, -0.15) is 0 Å². The summed E-state index contributed by atoms with van der Waals surface area (Å²) in [5, 5.41) is 14.0. The Morgan fingerprint density at radius 3 is 2.58 bits per heavy atom. The fourth-order valence-electron chi connectivity index (χ4n) is 1.50. The molecule has 0 radical (unpaired) electrons. The van der Waals surface area contributed by atoms with E-state index in [-0.39, 0.29) is 30.9 Å². The predicted molar refractivity (Wildman–Crippen MR) is 72.8 cm³/mol. The molecule has 0 aliphatic heterocycles. The molecule has 1 rings (SSSR count). The average molecular weight is 264 g/mol. The number of nitrogens with one attached hydrogen (secondary N) is 2. The molecule has 1 atom stereocenters. The van der Waals surface area contributed by atoms with Crippen molar-refractivity contribution in [2.24, 2.45) is 5.92 Å². The van der Waals surface area contributed by atoms with Gasteiger partial charge < -0.3 is 15.7 Å². The lowest BCUT2D eigenvalue weighted by Crippen LogP contribution is -2.39. The maximum atomic E-state index is 11.8. The SMILES string of the molecule is Cc1ccccc1C(=O)NCC(=O)NCC(C)CO. The fourth-order valence-corrected chi connectivity index (χ4v) is 1.50. The number of carbonyl (C=O) groups is 2. The molecular weight excluding hydrogens is 244 g/mol. The maximum Gasteiger partial charge on any atom is 0.251 e. The van der Waals surface area contributed by atoms with Crippen LogP contribution in [0.15, 0.2) is 24.3 Å². The summed E-state index contributed by atoms with van der Waals surface area (Å²) >= 11 is 0. The molecule has 0 aliphatic rings. The summed E-state index contributed by atoms with van der Waals surface area (Å²) in [6.45, 7) is 4.03. The Hall–Kier alpha value is -1.88. The molecule has 0 aliphatic carbocycles. The van der Waals surface area contributed by atoms with Crippen LogP contribution in [0.5, 0.6) is 0 Å². The largest absolute Gasteiger partial charge is 0.396 e. The summed E-state index contributed by atoms with van der Waals surface area (Å²) in [6, 6.07) is 7.20. The first-order valence-electron chi connectivity index (χ1n) is 6.26. The Kier molecular flexibility index (Phi) is 6.02. The summed E-state index contributed by atoms with van der Waals surface area (Å²) in [7, 11) is 0. The van der Waals surface area contributed by atoms with Gasteiger partial charge in [-0.3, -0.25) is 9.59 Å². The van der Waals surface area contributed by atoms with Crippen molar-refractivity contribution < 1.29 is 14.7 Å². The molecule has 0 saturated heterocycles. The summed E-state index contributed by atoms with van der Waals surface area (Å²) < 4.78 is 0. The van der Waals surface area contributed by atoms with Gasteiger partial charge >= 0.3 is 0 Å². The average Bonchev–Trinajstić information content (AvgIpc) is 2.42. The van der Waals surface area contributed by atoms with Crippen LogP contribution in [0.2, 0.25) is 0 Å². The monoisotopic (exact) mass is 264 g/mol. The van der Waals surface area contributed by atoms with E-state index in [9.17, 15) is 9.59 Å². The summed E-state index contributed by atoms with van der Waals surface area (Å²) in [4.78, 5) is 23.3. The molecule has 1 aromatic rings. The van der Waals surface area contributed by atoms with Gasteiger partial charge in [0.1, 0.15) is 0 Å². The lowest BCUT2D eigenvalue weighted by molar-refractivity contribution is -0.120. The lowest BCUT2D eigenvalue weighted by atomic mass is 10.1. The van der Waals surface area contributed by atoms with Gasteiger partial charge in [0.25, 0.3) is 5.91 Å². The van der Waals surface area contributed by atoms with Gasteiger partial charge in [-0.25, -0.2) is 0 Å². The molecule has 0 aromatic heterocycles. The molecule has 3 N–H and O–H groups in total. The van der Waals surface area contributed by atoms with Gasteiger partial charge in [0.15, 0.2) is 0 Å². The summed E-state index contributed by atoms with van der Waals surface area (Å²) in [6.07, 6.45) is 0. The van der Waals surface area contributed by atoms with E-state index < -0.39 is 0 Å². The van der Waals surface area contributed by atoms with Crippen LogP contribution in [0.1, 0.15) is 22.8 Å². The first-order valence-corrected chi connectivity index (χ1v) is 6.26. The highest BCUT2D eigenvalue weighted by molar-refractivity contribution is 5.97. The number of benzene rings is 1. The van der Waals surface area contributed by atoms with E-state index in [2.05, 4.69) is 10.6 Å². The van der Waals surface area contributed by atoms with Crippen molar-refractivity contribution in [2.75, 3.05) is 19.7 Å². The third-order valence-electron chi connectivity index (χ3n) is 2.76. The van der Waals surface area contributed by atoms with Crippen LogP contribution in [-0.4, -0.2) is 36.6 Å². The van der Waals surface area contributed by atoms with Crippen LogP contribution >= 0.6 is 0 Å². The Bertz CT molecular complexity index is 446. The van der Waals surface area contributed by atoms with E-state index in [0.717, 1.165) is 5.56 Å². The van der Waals surface area contributed by atoms with Crippen LogP contribution in [0.3, 0.4) is 0 Å². The van der Waals surface area contributed by atoms with Crippen molar-refractivity contribution in [1.29, 1.82) is 0 Å². The van der Waals surface area contributed by atoms with Crippen LogP contribution in [0.25, 0.3) is 0 Å². The number of aliphatic hydroxyl groups is 1. The Labute approximate surface area is 113 Å². The number of aliphatic hydroxyl groups excluding tert-OH is 1. The van der Waals surface area contributed by atoms with E-state index in [1.807, 2.05) is 26.0 Å². The molecular formula is C14H20N2O3. The van der Waals surface area contributed by atoms with Crippen molar-refractivity contribution in [3.63, 3.8) is 0 Å². The molecule has 0 heterocycles. The van der Waals surface area contributed by atoms with Crippen molar-refractivity contribution in [3.8, 4) is 0 Å². The highest BCUT2D eigenvalue weighted by Crippen LogP contribution is 2.05. The minimum absolute atomic E-state index is 0.0102. The standard InChI is InChI=1S/C14H20N2O3/c1-10(9-17)7-15-13(18)8-16-14(19)12-6-4-3-5-11(12)2/h3-6,10,17H,7-9H2,1-2H3,(H,15,18)(H,16,19). The van der Waals surface area contributed by atoms with Gasteiger partial charge in [-0.1, -0.05) is 25.1 Å². The zero-order chi connectivity index (χ0) is 14.3. The second kappa shape index (κ2) is 7.53. The van der Waals surface area contributed by atoms with E-state index in [4.69, 9.17) is 5.11 Å². The van der Waals surface area contributed by atoms with Crippen LogP contribution in [0, 0.1) is 12.8 Å². The molecule has 19 heavy (non-hydrogen) atoms. The zero-order valence-corrected chi connectivity index (χ0v) is 11.3. The number of aryl methyl sites for hydroxylation is 1. The van der Waals surface area contributed by atoms with Crippen LogP contribution < -0.4 is 10.6 Å². The molecule has 1 unspecified atom stereocenters. The first-order chi connectivity index (χ1) is 9.04. The smallest absolute Gasteiger partial charge is 0.251 e. The molecule has 5 nitrogen and oxygen atoms in total. The number of hydrogen-bond donors (Lipinski definition) is 3. The zero-order valence-electron chi connectivity index (χ0n) is 11.3. The Morgan fingerprint density at radius 2 is 1.95 bits per heavy atom. The van der Waals surface area contributed by atoms with Crippen molar-refractivity contribution in [3.05, 3.63) is 35.4 Å². The van der Waals surface area contributed by atoms with Crippen molar-refractivity contribution >= 4 is 11.8 Å². The third-order valence-corrected chi connectivity index (χ3v) is 2.76. The third kappa shape index (κ3) is 5.09. The number of amides is 2. The van der Waals surface area contributed by atoms with E-state index in [1.165, 1.54) is 0 Å². The maximum absolute atomic E-state index is 11.8. The molecule has 1 aromatic carbocycles. The first kappa shape index (κ1) is 15.2. The van der Waals surface area contributed by atoms with Gasteiger partial charge in [0.2, 0.25) is 5.91 Å².